The van der Waals surface area contributed by atoms with Gasteiger partial charge in [-0.2, -0.15) is 0 Å². The molecule has 0 atom stereocenters. The Morgan fingerprint density at radius 2 is 2.31 bits per heavy atom. The van der Waals surface area contributed by atoms with Crippen LogP contribution in [-0.2, 0) is 4.74 Å². The highest BCUT2D eigenvalue weighted by Gasteiger charge is 2.13. The van der Waals surface area contributed by atoms with E-state index in [0.29, 0.717) is 12.4 Å². The first-order valence-electron chi connectivity index (χ1n) is 5.05. The number of allylic oxidation sites excluding steroid dienone is 1. The smallest absolute Gasteiger partial charge is 0.342 e. The first-order chi connectivity index (χ1) is 7.69. The van der Waals surface area contributed by atoms with Gasteiger partial charge in [0.15, 0.2) is 5.82 Å². The lowest BCUT2D eigenvalue weighted by Crippen LogP contribution is -2.07. The van der Waals surface area contributed by atoms with Crippen LogP contribution >= 0.6 is 11.6 Å². The van der Waals surface area contributed by atoms with Crippen molar-refractivity contribution in [3.05, 3.63) is 28.8 Å². The van der Waals surface area contributed by atoms with Crippen LogP contribution in [0.2, 0.25) is 5.15 Å². The number of esters is 1. The molecule has 0 aliphatic carbocycles. The minimum Gasteiger partial charge on any atom is -0.462 e. The fraction of sp³-hybridized carbons (Fsp3) is 0.364. The van der Waals surface area contributed by atoms with Gasteiger partial charge in [0.1, 0.15) is 10.7 Å². The zero-order valence-corrected chi connectivity index (χ0v) is 9.99. The zero-order valence-electron chi connectivity index (χ0n) is 9.24. The number of carbonyl (C=O) groups is 1. The number of hydrogen-bond donors (Lipinski definition) is 0. The second-order valence-corrected chi connectivity index (χ2v) is 3.32. The normalized spacial score (nSPS) is 10.7. The number of nitrogens with zero attached hydrogens (tertiary/aromatic N) is 2. The summed E-state index contributed by atoms with van der Waals surface area (Å²) in [5, 5.41) is 0.115. The quantitative estimate of drug-likeness (QED) is 0.600. The molecule has 4 nitrogen and oxygen atoms in total. The summed E-state index contributed by atoms with van der Waals surface area (Å²) in [6.07, 6.45) is 5.93. The van der Waals surface area contributed by atoms with Gasteiger partial charge in [-0.05, 0) is 19.4 Å². The third kappa shape index (κ3) is 3.31. The molecule has 0 bridgehead atoms. The number of hydrogen-bond acceptors (Lipinski definition) is 4. The Labute approximate surface area is 99.3 Å². The molecular formula is C11H13ClN2O2. The van der Waals surface area contributed by atoms with Crippen LogP contribution in [0.3, 0.4) is 0 Å². The third-order valence-corrected chi connectivity index (χ3v) is 2.05. The van der Waals surface area contributed by atoms with Gasteiger partial charge in [-0.15, -0.1) is 0 Å². The molecule has 16 heavy (non-hydrogen) atoms. The van der Waals surface area contributed by atoms with E-state index in [1.165, 1.54) is 6.20 Å². The van der Waals surface area contributed by atoms with Gasteiger partial charge < -0.3 is 4.74 Å². The topological polar surface area (TPSA) is 52.1 Å². The second kappa shape index (κ2) is 6.23. The van der Waals surface area contributed by atoms with Crippen molar-refractivity contribution in [1.29, 1.82) is 0 Å². The number of ether oxygens (including phenoxy) is 1. The van der Waals surface area contributed by atoms with Gasteiger partial charge in [0.2, 0.25) is 0 Å². The third-order valence-electron chi connectivity index (χ3n) is 1.76. The van der Waals surface area contributed by atoms with E-state index in [-0.39, 0.29) is 10.7 Å². The van der Waals surface area contributed by atoms with E-state index in [1.807, 2.05) is 13.0 Å². The molecule has 0 aliphatic rings. The van der Waals surface area contributed by atoms with Crippen molar-refractivity contribution in [2.24, 2.45) is 0 Å². The van der Waals surface area contributed by atoms with Crippen LogP contribution in [0, 0.1) is 0 Å². The molecule has 0 N–H and O–H groups in total. The molecular weight excluding hydrogens is 228 g/mol. The van der Waals surface area contributed by atoms with Gasteiger partial charge in [-0.25, -0.2) is 14.8 Å². The molecule has 1 heterocycles. The molecule has 1 aromatic heterocycles. The van der Waals surface area contributed by atoms with Crippen LogP contribution in [0.1, 0.15) is 36.5 Å². The van der Waals surface area contributed by atoms with Gasteiger partial charge in [0, 0.05) is 6.20 Å². The van der Waals surface area contributed by atoms with Crippen LogP contribution in [0.4, 0.5) is 0 Å². The Hall–Kier alpha value is -1.42. The van der Waals surface area contributed by atoms with E-state index in [0.717, 1.165) is 6.42 Å². The van der Waals surface area contributed by atoms with Gasteiger partial charge >= 0.3 is 5.97 Å². The lowest BCUT2D eigenvalue weighted by molar-refractivity contribution is 0.0525. The van der Waals surface area contributed by atoms with Crippen molar-refractivity contribution in [2.45, 2.75) is 20.3 Å². The van der Waals surface area contributed by atoms with Crippen LogP contribution in [0.25, 0.3) is 6.08 Å². The molecule has 0 unspecified atom stereocenters. The molecule has 0 amide bonds. The van der Waals surface area contributed by atoms with E-state index in [2.05, 4.69) is 9.97 Å². The van der Waals surface area contributed by atoms with Crippen LogP contribution in [0.15, 0.2) is 12.3 Å². The highest BCUT2D eigenvalue weighted by molar-refractivity contribution is 6.32. The molecule has 0 radical (unpaired) electrons. The van der Waals surface area contributed by atoms with Gasteiger partial charge in [0.25, 0.3) is 0 Å². The number of carbonyl (C=O) groups excluding carboxylic acids is 1. The molecule has 1 aromatic rings. The molecule has 0 fully saturated rings. The van der Waals surface area contributed by atoms with E-state index in [1.54, 1.807) is 13.0 Å². The van der Waals surface area contributed by atoms with E-state index < -0.39 is 5.97 Å². The number of halogens is 1. The minimum absolute atomic E-state index is 0.115. The van der Waals surface area contributed by atoms with Gasteiger partial charge in [-0.1, -0.05) is 24.6 Å². The van der Waals surface area contributed by atoms with Crippen LogP contribution in [-0.4, -0.2) is 22.5 Å². The highest BCUT2D eigenvalue weighted by Crippen LogP contribution is 2.13. The monoisotopic (exact) mass is 240 g/mol. The van der Waals surface area contributed by atoms with Crippen molar-refractivity contribution >= 4 is 23.6 Å². The number of aromatic nitrogens is 2. The Morgan fingerprint density at radius 3 is 2.88 bits per heavy atom. The molecule has 0 saturated carbocycles. The molecule has 0 saturated heterocycles. The van der Waals surface area contributed by atoms with Gasteiger partial charge in [-0.3, -0.25) is 0 Å². The Kier molecular flexibility index (Phi) is 4.92. The second-order valence-electron chi connectivity index (χ2n) is 2.96. The summed E-state index contributed by atoms with van der Waals surface area (Å²) in [5.41, 5.74) is 0.192. The maximum atomic E-state index is 11.4. The summed E-state index contributed by atoms with van der Waals surface area (Å²) in [5.74, 6) is -0.0154. The number of rotatable bonds is 4. The largest absolute Gasteiger partial charge is 0.462 e. The van der Waals surface area contributed by atoms with E-state index in [4.69, 9.17) is 16.3 Å². The molecule has 0 spiro atoms. The predicted octanol–water partition coefficient (Wildman–Crippen LogP) is 2.73. The first kappa shape index (κ1) is 12.6. The van der Waals surface area contributed by atoms with E-state index >= 15 is 0 Å². The Balaban J connectivity index is 2.91. The summed E-state index contributed by atoms with van der Waals surface area (Å²) >= 11 is 5.85. The summed E-state index contributed by atoms with van der Waals surface area (Å²) in [4.78, 5) is 19.4. The fourth-order valence-corrected chi connectivity index (χ4v) is 1.24. The first-order valence-corrected chi connectivity index (χ1v) is 5.43. The molecule has 86 valence electrons. The van der Waals surface area contributed by atoms with Crippen molar-refractivity contribution in [3.63, 3.8) is 0 Å². The molecule has 5 heteroatoms. The van der Waals surface area contributed by atoms with Crippen LogP contribution < -0.4 is 0 Å². The average Bonchev–Trinajstić information content (AvgIpc) is 2.26. The maximum absolute atomic E-state index is 11.4. The highest BCUT2D eigenvalue weighted by atomic mass is 35.5. The SMILES string of the molecule is CC/C=C/c1ncc(C(=O)OCC)c(Cl)n1. The Morgan fingerprint density at radius 1 is 1.56 bits per heavy atom. The van der Waals surface area contributed by atoms with E-state index in [9.17, 15) is 4.79 Å². The van der Waals surface area contributed by atoms with Crippen molar-refractivity contribution < 1.29 is 9.53 Å². The van der Waals surface area contributed by atoms with Crippen molar-refractivity contribution in [3.8, 4) is 0 Å². The summed E-state index contributed by atoms with van der Waals surface area (Å²) in [6, 6.07) is 0. The minimum atomic E-state index is -0.501. The fourth-order valence-electron chi connectivity index (χ4n) is 1.02. The molecule has 0 aromatic carbocycles. The van der Waals surface area contributed by atoms with Crippen molar-refractivity contribution in [1.82, 2.24) is 9.97 Å². The Bertz CT molecular complexity index is 405. The summed E-state index contributed by atoms with van der Waals surface area (Å²) in [6.45, 7) is 4.03. The van der Waals surface area contributed by atoms with Crippen LogP contribution in [0.5, 0.6) is 0 Å². The maximum Gasteiger partial charge on any atom is 0.342 e. The van der Waals surface area contributed by atoms with Crippen molar-refractivity contribution in [2.75, 3.05) is 6.61 Å². The molecule has 0 aliphatic heterocycles. The predicted molar refractivity (Wildman–Crippen MR) is 62.3 cm³/mol. The summed E-state index contributed by atoms with van der Waals surface area (Å²) < 4.78 is 4.81. The zero-order chi connectivity index (χ0) is 12.0. The average molecular weight is 241 g/mol. The van der Waals surface area contributed by atoms with Gasteiger partial charge in [0.05, 0.1) is 6.61 Å². The lowest BCUT2D eigenvalue weighted by atomic mass is 10.3. The molecule has 1 rings (SSSR count). The summed E-state index contributed by atoms with van der Waals surface area (Å²) in [7, 11) is 0. The lowest BCUT2D eigenvalue weighted by Gasteiger charge is -2.03. The standard InChI is InChI=1S/C11H13ClN2O2/c1-3-5-6-9-13-7-8(10(12)14-9)11(15)16-4-2/h5-7H,3-4H2,1-2H3/b6-5+.